The Kier molecular flexibility index (Phi) is 6.28. The van der Waals surface area contributed by atoms with Crippen LogP contribution in [-0.4, -0.2) is 61.5 Å². The Morgan fingerprint density at radius 1 is 1.07 bits per heavy atom. The summed E-state index contributed by atoms with van der Waals surface area (Å²) in [7, 11) is 1.49. The van der Waals surface area contributed by atoms with Gasteiger partial charge in [0, 0.05) is 44.0 Å². The Hall–Kier alpha value is -3.62. The second kappa shape index (κ2) is 9.05. The van der Waals surface area contributed by atoms with Crippen molar-refractivity contribution in [3.8, 4) is 5.75 Å². The number of methoxy groups -OCH3 is 1. The molecule has 1 saturated heterocycles. The highest BCUT2D eigenvalue weighted by Gasteiger charge is 2.22. The van der Waals surface area contributed by atoms with E-state index in [4.69, 9.17) is 4.74 Å². The van der Waals surface area contributed by atoms with E-state index in [1.54, 1.807) is 41.3 Å². The highest BCUT2D eigenvalue weighted by molar-refractivity contribution is 5.98. The number of piperazine rings is 1. The summed E-state index contributed by atoms with van der Waals surface area (Å²) < 4.78 is 5.16. The van der Waals surface area contributed by atoms with Crippen LogP contribution in [0.5, 0.6) is 5.75 Å². The molecule has 1 aliphatic rings. The second-order valence-electron chi connectivity index (χ2n) is 6.52. The van der Waals surface area contributed by atoms with Crippen LogP contribution in [0.1, 0.15) is 10.4 Å². The number of hydrogen-bond donors (Lipinski definition) is 1. The van der Waals surface area contributed by atoms with Gasteiger partial charge in [0.15, 0.2) is 0 Å². The first-order chi connectivity index (χ1) is 14.0. The smallest absolute Gasteiger partial charge is 0.269 e. The van der Waals surface area contributed by atoms with Gasteiger partial charge in [-0.25, -0.2) is 0 Å². The van der Waals surface area contributed by atoms with Gasteiger partial charge in [-0.3, -0.25) is 19.7 Å². The van der Waals surface area contributed by atoms with Crippen LogP contribution in [0.2, 0.25) is 0 Å². The van der Waals surface area contributed by atoms with Crippen LogP contribution >= 0.6 is 0 Å². The van der Waals surface area contributed by atoms with E-state index in [9.17, 15) is 19.7 Å². The lowest BCUT2D eigenvalue weighted by Crippen LogP contribution is -2.51. The molecule has 2 amide bonds. The molecule has 1 fully saturated rings. The molecule has 0 saturated carbocycles. The quantitative estimate of drug-likeness (QED) is 0.586. The number of non-ortho nitro benzene ring substituents is 1. The number of anilines is 1. The first kappa shape index (κ1) is 20.1. The van der Waals surface area contributed by atoms with Crippen molar-refractivity contribution < 1.29 is 19.2 Å². The van der Waals surface area contributed by atoms with E-state index >= 15 is 0 Å². The normalized spacial score (nSPS) is 13.7. The molecule has 1 aliphatic heterocycles. The highest BCUT2D eigenvalue weighted by Crippen LogP contribution is 2.21. The zero-order valence-corrected chi connectivity index (χ0v) is 16.0. The minimum absolute atomic E-state index is 0.0494. The van der Waals surface area contributed by atoms with Crippen molar-refractivity contribution in [1.29, 1.82) is 0 Å². The number of benzene rings is 2. The summed E-state index contributed by atoms with van der Waals surface area (Å²) in [6, 6.07) is 13.2. The van der Waals surface area contributed by atoms with Gasteiger partial charge in [0.25, 0.3) is 11.6 Å². The molecule has 0 spiro atoms. The van der Waals surface area contributed by atoms with Gasteiger partial charge >= 0.3 is 0 Å². The molecule has 3 rings (SSSR count). The minimum Gasteiger partial charge on any atom is -0.496 e. The summed E-state index contributed by atoms with van der Waals surface area (Å²) in [5.41, 5.74) is 1.31. The Labute approximate surface area is 168 Å². The number of nitrogens with one attached hydrogen (secondary N) is 1. The number of amides is 2. The third-order valence-corrected chi connectivity index (χ3v) is 4.81. The molecule has 1 N–H and O–H groups in total. The van der Waals surface area contributed by atoms with E-state index in [0.717, 1.165) is 5.69 Å². The standard InChI is InChI=1S/C20H22N4O5/c1-29-18-5-3-2-4-17(18)20(26)21-14-19(25)23-12-10-22(11-13-23)15-6-8-16(9-7-15)24(27)28/h2-9H,10-14H2,1H3,(H,21,26). The fraction of sp³-hybridized carbons (Fsp3) is 0.300. The first-order valence-electron chi connectivity index (χ1n) is 9.18. The molecule has 0 aliphatic carbocycles. The molecule has 2 aromatic rings. The SMILES string of the molecule is COc1ccccc1C(=O)NCC(=O)N1CCN(c2ccc([N+](=O)[O-])cc2)CC1. The summed E-state index contributed by atoms with van der Waals surface area (Å²) in [5, 5.41) is 13.4. The number of carbonyl (C=O) groups excluding carboxylic acids is 2. The largest absolute Gasteiger partial charge is 0.496 e. The van der Waals surface area contributed by atoms with Crippen molar-refractivity contribution in [1.82, 2.24) is 10.2 Å². The van der Waals surface area contributed by atoms with Crippen LogP contribution in [0.15, 0.2) is 48.5 Å². The van der Waals surface area contributed by atoms with Crippen molar-refractivity contribution in [2.45, 2.75) is 0 Å². The lowest BCUT2D eigenvalue weighted by Gasteiger charge is -2.36. The first-order valence-corrected chi connectivity index (χ1v) is 9.18. The average molecular weight is 398 g/mol. The van der Waals surface area contributed by atoms with Gasteiger partial charge in [-0.15, -0.1) is 0 Å². The second-order valence-corrected chi connectivity index (χ2v) is 6.52. The molecule has 152 valence electrons. The highest BCUT2D eigenvalue weighted by atomic mass is 16.6. The molecule has 1 heterocycles. The van der Waals surface area contributed by atoms with Crippen molar-refractivity contribution in [2.75, 3.05) is 44.7 Å². The van der Waals surface area contributed by atoms with Crippen LogP contribution < -0.4 is 15.0 Å². The van der Waals surface area contributed by atoms with Crippen LogP contribution in [0, 0.1) is 10.1 Å². The molecule has 29 heavy (non-hydrogen) atoms. The van der Waals surface area contributed by atoms with Crippen molar-refractivity contribution in [3.05, 3.63) is 64.2 Å². The van der Waals surface area contributed by atoms with Gasteiger partial charge in [-0.05, 0) is 24.3 Å². The molecular weight excluding hydrogens is 376 g/mol. The summed E-state index contributed by atoms with van der Waals surface area (Å²) in [6.07, 6.45) is 0. The van der Waals surface area contributed by atoms with E-state index in [-0.39, 0.29) is 24.0 Å². The topological polar surface area (TPSA) is 105 Å². The summed E-state index contributed by atoms with van der Waals surface area (Å²) >= 11 is 0. The molecule has 2 aromatic carbocycles. The van der Waals surface area contributed by atoms with Gasteiger partial charge in [0.1, 0.15) is 5.75 Å². The maximum absolute atomic E-state index is 12.4. The van der Waals surface area contributed by atoms with Gasteiger partial charge in [0.2, 0.25) is 5.91 Å². The monoisotopic (exact) mass is 398 g/mol. The lowest BCUT2D eigenvalue weighted by molar-refractivity contribution is -0.384. The van der Waals surface area contributed by atoms with E-state index in [1.807, 2.05) is 0 Å². The summed E-state index contributed by atoms with van der Waals surface area (Å²) in [4.78, 5) is 38.8. The molecule has 0 unspecified atom stereocenters. The molecular formula is C20H22N4O5. The van der Waals surface area contributed by atoms with Gasteiger partial charge < -0.3 is 19.9 Å². The number of nitrogens with zero attached hydrogens (tertiary/aromatic N) is 3. The Morgan fingerprint density at radius 3 is 2.34 bits per heavy atom. The number of para-hydroxylation sites is 1. The van der Waals surface area contributed by atoms with Crippen molar-refractivity contribution in [3.63, 3.8) is 0 Å². The van der Waals surface area contributed by atoms with Crippen LogP contribution in [0.4, 0.5) is 11.4 Å². The number of nitro benzene ring substituents is 1. The minimum atomic E-state index is -0.431. The van der Waals surface area contributed by atoms with Crippen LogP contribution in [0.3, 0.4) is 0 Å². The lowest BCUT2D eigenvalue weighted by atomic mass is 10.2. The number of ether oxygens (including phenoxy) is 1. The van der Waals surface area contributed by atoms with E-state index in [0.29, 0.717) is 37.5 Å². The van der Waals surface area contributed by atoms with Crippen molar-refractivity contribution >= 4 is 23.2 Å². The van der Waals surface area contributed by atoms with Crippen LogP contribution in [-0.2, 0) is 4.79 Å². The molecule has 0 atom stereocenters. The van der Waals surface area contributed by atoms with Gasteiger partial charge in [-0.1, -0.05) is 12.1 Å². The molecule has 0 bridgehead atoms. The zero-order valence-electron chi connectivity index (χ0n) is 16.0. The predicted octanol–water partition coefficient (Wildman–Crippen LogP) is 1.68. The molecule has 0 aromatic heterocycles. The zero-order chi connectivity index (χ0) is 20.8. The number of rotatable bonds is 6. The Bertz CT molecular complexity index is 892. The van der Waals surface area contributed by atoms with Gasteiger partial charge in [-0.2, -0.15) is 0 Å². The number of nitro groups is 1. The van der Waals surface area contributed by atoms with Crippen molar-refractivity contribution in [2.24, 2.45) is 0 Å². The van der Waals surface area contributed by atoms with E-state index in [2.05, 4.69) is 10.2 Å². The molecule has 9 heteroatoms. The summed E-state index contributed by atoms with van der Waals surface area (Å²) in [6.45, 7) is 2.17. The number of hydrogen-bond acceptors (Lipinski definition) is 6. The summed E-state index contributed by atoms with van der Waals surface area (Å²) in [5.74, 6) is -0.0638. The average Bonchev–Trinajstić information content (AvgIpc) is 2.77. The molecule has 0 radical (unpaired) electrons. The fourth-order valence-corrected chi connectivity index (χ4v) is 3.19. The third-order valence-electron chi connectivity index (χ3n) is 4.81. The van der Waals surface area contributed by atoms with E-state index < -0.39 is 4.92 Å². The molecule has 9 nitrogen and oxygen atoms in total. The Morgan fingerprint density at radius 2 is 1.72 bits per heavy atom. The van der Waals surface area contributed by atoms with E-state index in [1.165, 1.54) is 19.2 Å². The maximum atomic E-state index is 12.4. The Balaban J connectivity index is 1.50. The number of carbonyl (C=O) groups is 2. The predicted molar refractivity (Wildman–Crippen MR) is 107 cm³/mol. The van der Waals surface area contributed by atoms with Gasteiger partial charge in [0.05, 0.1) is 24.1 Å². The fourth-order valence-electron chi connectivity index (χ4n) is 3.19. The van der Waals surface area contributed by atoms with Crippen LogP contribution in [0.25, 0.3) is 0 Å². The third kappa shape index (κ3) is 4.81. The maximum Gasteiger partial charge on any atom is 0.269 e.